The first-order valence-electron chi connectivity index (χ1n) is 5.31. The number of hydrogen-bond acceptors (Lipinski definition) is 4. The number of benzene rings is 1. The minimum absolute atomic E-state index is 0.0765. The van der Waals surface area contributed by atoms with E-state index in [9.17, 15) is 0 Å². The van der Waals surface area contributed by atoms with Gasteiger partial charge in [0.25, 0.3) is 0 Å². The van der Waals surface area contributed by atoms with E-state index in [-0.39, 0.29) is 6.10 Å². The number of para-hydroxylation sites is 1. The Hall–Kier alpha value is -1.10. The van der Waals surface area contributed by atoms with Crippen LogP contribution in [0.3, 0.4) is 0 Å². The molecule has 2 N–H and O–H groups in total. The number of halogens is 1. The third kappa shape index (κ3) is 3.19. The van der Waals surface area contributed by atoms with Crippen LogP contribution in [0.15, 0.2) is 36.0 Å². The second-order valence-electron chi connectivity index (χ2n) is 3.52. The van der Waals surface area contributed by atoms with Gasteiger partial charge in [-0.25, -0.2) is 0 Å². The van der Waals surface area contributed by atoms with Gasteiger partial charge in [-0.3, -0.25) is 4.98 Å². The predicted octanol–water partition coefficient (Wildman–Crippen LogP) is 3.27. The molecule has 1 aromatic carbocycles. The topological polar surface area (TPSA) is 48.1 Å². The molecule has 2 rings (SSSR count). The summed E-state index contributed by atoms with van der Waals surface area (Å²) < 4.78 is 5.89. The van der Waals surface area contributed by atoms with Crippen molar-refractivity contribution in [1.82, 2.24) is 4.98 Å². The van der Waals surface area contributed by atoms with Gasteiger partial charge in [-0.05, 0) is 18.7 Å². The standard InChI is InChI=1S/C12H13ClN2OS/c13-9-3-1-2-4-10(9)16-11(5-6-14)12-7-15-8-17-12/h1-4,7-8,11H,5-6,14H2. The number of aromatic nitrogens is 1. The highest BCUT2D eigenvalue weighted by atomic mass is 35.5. The molecule has 0 saturated carbocycles. The Balaban J connectivity index is 2.16. The fourth-order valence-electron chi connectivity index (χ4n) is 1.49. The Morgan fingerprint density at radius 3 is 2.88 bits per heavy atom. The summed E-state index contributed by atoms with van der Waals surface area (Å²) in [6.07, 6.45) is 2.47. The lowest BCUT2D eigenvalue weighted by molar-refractivity contribution is 0.201. The molecule has 2 aromatic rings. The molecule has 0 radical (unpaired) electrons. The van der Waals surface area contributed by atoms with Crippen molar-refractivity contribution in [3.05, 3.63) is 45.9 Å². The van der Waals surface area contributed by atoms with Gasteiger partial charge in [-0.1, -0.05) is 23.7 Å². The Labute approximate surface area is 109 Å². The molecule has 1 heterocycles. The maximum Gasteiger partial charge on any atom is 0.138 e. The van der Waals surface area contributed by atoms with E-state index in [0.29, 0.717) is 17.3 Å². The highest BCUT2D eigenvalue weighted by Crippen LogP contribution is 2.31. The fraction of sp³-hybridized carbons (Fsp3) is 0.250. The SMILES string of the molecule is NCCC(Oc1ccccc1Cl)c1cncs1. The molecule has 0 aliphatic carbocycles. The Kier molecular flexibility index (Phi) is 4.36. The van der Waals surface area contributed by atoms with Gasteiger partial charge in [-0.2, -0.15) is 0 Å². The van der Waals surface area contributed by atoms with E-state index in [4.69, 9.17) is 22.1 Å². The lowest BCUT2D eigenvalue weighted by atomic mass is 10.2. The monoisotopic (exact) mass is 268 g/mol. The van der Waals surface area contributed by atoms with Crippen molar-refractivity contribution >= 4 is 22.9 Å². The van der Waals surface area contributed by atoms with Crippen LogP contribution in [0.4, 0.5) is 0 Å². The Bertz CT molecular complexity index is 461. The molecule has 1 atom stereocenters. The minimum atomic E-state index is -0.0765. The zero-order valence-corrected chi connectivity index (χ0v) is 10.7. The number of thiazole rings is 1. The van der Waals surface area contributed by atoms with E-state index >= 15 is 0 Å². The van der Waals surface area contributed by atoms with Gasteiger partial charge in [0.2, 0.25) is 0 Å². The molecular weight excluding hydrogens is 256 g/mol. The number of rotatable bonds is 5. The first-order chi connectivity index (χ1) is 8.31. The van der Waals surface area contributed by atoms with E-state index in [1.165, 1.54) is 0 Å². The summed E-state index contributed by atoms with van der Waals surface area (Å²) in [5.41, 5.74) is 7.38. The van der Waals surface area contributed by atoms with Crippen molar-refractivity contribution in [3.63, 3.8) is 0 Å². The van der Waals surface area contributed by atoms with Crippen molar-refractivity contribution in [3.8, 4) is 5.75 Å². The summed E-state index contributed by atoms with van der Waals surface area (Å²) in [5.74, 6) is 0.681. The van der Waals surface area contributed by atoms with Gasteiger partial charge in [0.15, 0.2) is 0 Å². The maximum atomic E-state index is 6.06. The molecule has 17 heavy (non-hydrogen) atoms. The average molecular weight is 269 g/mol. The summed E-state index contributed by atoms with van der Waals surface area (Å²) in [6, 6.07) is 7.43. The maximum absolute atomic E-state index is 6.06. The molecule has 1 aromatic heterocycles. The van der Waals surface area contributed by atoms with Gasteiger partial charge in [0.1, 0.15) is 11.9 Å². The van der Waals surface area contributed by atoms with Crippen LogP contribution < -0.4 is 10.5 Å². The summed E-state index contributed by atoms with van der Waals surface area (Å²) >= 11 is 7.62. The zero-order valence-electron chi connectivity index (χ0n) is 9.17. The molecule has 3 nitrogen and oxygen atoms in total. The molecule has 0 spiro atoms. The molecular formula is C12H13ClN2OS. The smallest absolute Gasteiger partial charge is 0.138 e. The van der Waals surface area contributed by atoms with Gasteiger partial charge in [0.05, 0.1) is 15.4 Å². The Morgan fingerprint density at radius 2 is 2.24 bits per heavy atom. The van der Waals surface area contributed by atoms with Crippen molar-refractivity contribution < 1.29 is 4.74 Å². The van der Waals surface area contributed by atoms with E-state index in [1.807, 2.05) is 30.5 Å². The van der Waals surface area contributed by atoms with Gasteiger partial charge in [0, 0.05) is 12.6 Å². The molecule has 0 aliphatic heterocycles. The molecule has 0 aliphatic rings. The van der Waals surface area contributed by atoms with Crippen molar-refractivity contribution in [2.45, 2.75) is 12.5 Å². The van der Waals surface area contributed by atoms with Crippen molar-refractivity contribution in [1.29, 1.82) is 0 Å². The third-order valence-corrected chi connectivity index (χ3v) is 3.48. The van der Waals surface area contributed by atoms with E-state index < -0.39 is 0 Å². The molecule has 0 amide bonds. The summed E-state index contributed by atoms with van der Waals surface area (Å²) in [5, 5.41) is 0.610. The van der Waals surface area contributed by atoms with Crippen LogP contribution >= 0.6 is 22.9 Å². The van der Waals surface area contributed by atoms with Crippen LogP contribution in [0.25, 0.3) is 0 Å². The van der Waals surface area contributed by atoms with Crippen LogP contribution in [0.1, 0.15) is 17.4 Å². The van der Waals surface area contributed by atoms with Gasteiger partial charge >= 0.3 is 0 Å². The lowest BCUT2D eigenvalue weighted by Gasteiger charge is -2.17. The first-order valence-corrected chi connectivity index (χ1v) is 6.56. The molecule has 5 heteroatoms. The Morgan fingerprint density at radius 1 is 1.41 bits per heavy atom. The average Bonchev–Trinajstić information content (AvgIpc) is 2.85. The second kappa shape index (κ2) is 6.00. The van der Waals surface area contributed by atoms with Crippen LogP contribution in [0.2, 0.25) is 5.02 Å². The predicted molar refractivity (Wildman–Crippen MR) is 70.6 cm³/mol. The van der Waals surface area contributed by atoms with Crippen LogP contribution in [-0.4, -0.2) is 11.5 Å². The fourth-order valence-corrected chi connectivity index (χ4v) is 2.35. The van der Waals surface area contributed by atoms with Gasteiger partial charge < -0.3 is 10.5 Å². The third-order valence-electron chi connectivity index (χ3n) is 2.30. The van der Waals surface area contributed by atoms with E-state index in [1.54, 1.807) is 16.8 Å². The number of nitrogens with zero attached hydrogens (tertiary/aromatic N) is 1. The largest absolute Gasteiger partial charge is 0.483 e. The van der Waals surface area contributed by atoms with E-state index in [2.05, 4.69) is 4.98 Å². The van der Waals surface area contributed by atoms with Gasteiger partial charge in [-0.15, -0.1) is 11.3 Å². The normalized spacial score (nSPS) is 12.4. The lowest BCUT2D eigenvalue weighted by Crippen LogP contribution is -2.12. The summed E-state index contributed by atoms with van der Waals surface area (Å²) in [4.78, 5) is 5.12. The quantitative estimate of drug-likeness (QED) is 0.905. The van der Waals surface area contributed by atoms with Crippen LogP contribution in [0, 0.1) is 0 Å². The second-order valence-corrected chi connectivity index (χ2v) is 4.84. The molecule has 90 valence electrons. The number of nitrogens with two attached hydrogens (primary N) is 1. The molecule has 1 unspecified atom stereocenters. The highest BCUT2D eigenvalue weighted by Gasteiger charge is 2.15. The minimum Gasteiger partial charge on any atom is -0.483 e. The summed E-state index contributed by atoms with van der Waals surface area (Å²) in [6.45, 7) is 0.563. The van der Waals surface area contributed by atoms with Crippen LogP contribution in [-0.2, 0) is 0 Å². The van der Waals surface area contributed by atoms with E-state index in [0.717, 1.165) is 11.3 Å². The molecule has 0 bridgehead atoms. The molecule has 0 saturated heterocycles. The van der Waals surface area contributed by atoms with Crippen molar-refractivity contribution in [2.24, 2.45) is 5.73 Å². The summed E-state index contributed by atoms with van der Waals surface area (Å²) in [7, 11) is 0. The van der Waals surface area contributed by atoms with Crippen molar-refractivity contribution in [2.75, 3.05) is 6.54 Å². The number of hydrogen-bond donors (Lipinski definition) is 1. The number of ether oxygens (including phenoxy) is 1. The van der Waals surface area contributed by atoms with Crippen LogP contribution in [0.5, 0.6) is 5.75 Å². The first kappa shape index (κ1) is 12.4. The zero-order chi connectivity index (χ0) is 12.1. The highest BCUT2D eigenvalue weighted by molar-refractivity contribution is 7.09. The molecule has 0 fully saturated rings.